The fourth-order valence-corrected chi connectivity index (χ4v) is 2.64. The third-order valence-electron chi connectivity index (χ3n) is 4.20. The summed E-state index contributed by atoms with van der Waals surface area (Å²) in [5.41, 5.74) is 0. The minimum atomic E-state index is -0.821. The predicted molar refractivity (Wildman–Crippen MR) is 96.3 cm³/mol. The lowest BCUT2D eigenvalue weighted by Crippen LogP contribution is -2.41. The molecule has 0 radical (unpaired) electrons. The van der Waals surface area contributed by atoms with Gasteiger partial charge in [-0.3, -0.25) is 4.79 Å². The first-order valence-corrected chi connectivity index (χ1v) is 9.41. The molecule has 0 aromatic carbocycles. The number of carbonyl (C=O) groups excluding carboxylic acids is 1. The summed E-state index contributed by atoms with van der Waals surface area (Å²) in [5, 5.41) is 21.2. The van der Waals surface area contributed by atoms with E-state index < -0.39 is 12.1 Å². The molecule has 0 saturated heterocycles. The van der Waals surface area contributed by atoms with Gasteiger partial charge in [0.25, 0.3) is 0 Å². The number of hydrogen-bond acceptors (Lipinski definition) is 3. The van der Waals surface area contributed by atoms with Crippen molar-refractivity contribution >= 4 is 6.41 Å². The van der Waals surface area contributed by atoms with Crippen LogP contribution in [0.15, 0.2) is 12.2 Å². The zero-order chi connectivity index (χ0) is 17.2. The summed E-state index contributed by atoms with van der Waals surface area (Å²) < 4.78 is 0. The molecule has 0 aliphatic heterocycles. The Morgan fingerprint density at radius 3 is 1.91 bits per heavy atom. The second-order valence-corrected chi connectivity index (χ2v) is 6.32. The molecule has 0 aromatic rings. The van der Waals surface area contributed by atoms with Gasteiger partial charge in [-0.1, -0.05) is 83.3 Å². The zero-order valence-electron chi connectivity index (χ0n) is 14.9. The van der Waals surface area contributed by atoms with E-state index in [4.69, 9.17) is 5.11 Å². The molecule has 0 unspecified atom stereocenters. The molecule has 1 amide bonds. The minimum absolute atomic E-state index is 0.261. The number of rotatable bonds is 17. The second-order valence-electron chi connectivity index (χ2n) is 6.32. The Labute approximate surface area is 142 Å². The lowest BCUT2D eigenvalue weighted by Gasteiger charge is -2.16. The number of amides is 1. The molecule has 0 aliphatic rings. The largest absolute Gasteiger partial charge is 0.394 e. The lowest BCUT2D eigenvalue weighted by molar-refractivity contribution is -0.111. The molecule has 0 bridgehead atoms. The normalized spacial score (nSPS) is 14.0. The number of hydrogen-bond donors (Lipinski definition) is 3. The van der Waals surface area contributed by atoms with Crippen LogP contribution >= 0.6 is 0 Å². The summed E-state index contributed by atoms with van der Waals surface area (Å²) in [7, 11) is 0. The fraction of sp³-hybridized carbons (Fsp3) is 0.842. The minimum Gasteiger partial charge on any atom is -0.394 e. The smallest absolute Gasteiger partial charge is 0.207 e. The Bertz CT molecular complexity index is 282. The second kappa shape index (κ2) is 17.5. The van der Waals surface area contributed by atoms with E-state index in [0.29, 0.717) is 6.41 Å². The van der Waals surface area contributed by atoms with Crippen molar-refractivity contribution in [1.29, 1.82) is 0 Å². The van der Waals surface area contributed by atoms with E-state index >= 15 is 0 Å². The summed E-state index contributed by atoms with van der Waals surface area (Å²) >= 11 is 0. The number of aliphatic hydroxyl groups excluding tert-OH is 2. The molecule has 136 valence electrons. The van der Waals surface area contributed by atoms with Crippen LogP contribution in [0.5, 0.6) is 0 Å². The van der Waals surface area contributed by atoms with Crippen LogP contribution in [0, 0.1) is 0 Å². The van der Waals surface area contributed by atoms with Crippen LogP contribution in [-0.4, -0.2) is 35.4 Å². The summed E-state index contributed by atoms with van der Waals surface area (Å²) in [6.07, 6.45) is 18.8. The molecule has 0 heterocycles. The molecule has 0 saturated carbocycles. The van der Waals surface area contributed by atoms with Crippen molar-refractivity contribution in [1.82, 2.24) is 5.32 Å². The average molecular weight is 328 g/mol. The number of unbranched alkanes of at least 4 members (excludes halogenated alkanes) is 11. The lowest BCUT2D eigenvalue weighted by atomic mass is 10.0. The standard InChI is InChI=1S/C19H37NO3/c1-2-3-4-5-6-7-8-9-10-11-12-13-14-15-19(23)18(16-21)20-17-22/h14-15,17-19,21,23H,2-13,16H2,1H3,(H,20,22)/t18-,19+/m0/s1. The third-order valence-corrected chi connectivity index (χ3v) is 4.20. The highest BCUT2D eigenvalue weighted by atomic mass is 16.3. The SMILES string of the molecule is CCCCCCCCCCCCCC=C[C@@H](O)[C@H](CO)NC=O. The Hall–Kier alpha value is -0.870. The molecule has 2 atom stereocenters. The maximum absolute atomic E-state index is 10.3. The number of nitrogens with one attached hydrogen (secondary N) is 1. The van der Waals surface area contributed by atoms with Crippen molar-refractivity contribution in [3.8, 4) is 0 Å². The van der Waals surface area contributed by atoms with Crippen LogP contribution in [0.2, 0.25) is 0 Å². The predicted octanol–water partition coefficient (Wildman–Crippen LogP) is 3.71. The maximum Gasteiger partial charge on any atom is 0.207 e. The quantitative estimate of drug-likeness (QED) is 0.217. The van der Waals surface area contributed by atoms with E-state index in [1.54, 1.807) is 6.08 Å². The molecule has 4 heteroatoms. The highest BCUT2D eigenvalue weighted by Gasteiger charge is 2.13. The summed E-state index contributed by atoms with van der Waals surface area (Å²) in [4.78, 5) is 10.3. The number of allylic oxidation sites excluding steroid dienone is 1. The fourth-order valence-electron chi connectivity index (χ4n) is 2.64. The summed E-state index contributed by atoms with van der Waals surface area (Å²) in [6, 6.07) is -0.610. The third kappa shape index (κ3) is 14.5. The topological polar surface area (TPSA) is 69.6 Å². The highest BCUT2D eigenvalue weighted by molar-refractivity contribution is 5.47. The van der Waals surface area contributed by atoms with Gasteiger partial charge in [-0.05, 0) is 12.8 Å². The van der Waals surface area contributed by atoms with Crippen LogP contribution in [0.25, 0.3) is 0 Å². The van der Waals surface area contributed by atoms with Crippen molar-refractivity contribution in [3.05, 3.63) is 12.2 Å². The van der Waals surface area contributed by atoms with Crippen LogP contribution in [0.3, 0.4) is 0 Å². The van der Waals surface area contributed by atoms with E-state index in [9.17, 15) is 9.90 Å². The first-order valence-electron chi connectivity index (χ1n) is 9.41. The summed E-state index contributed by atoms with van der Waals surface area (Å²) in [6.45, 7) is 1.99. The molecular weight excluding hydrogens is 290 g/mol. The van der Waals surface area contributed by atoms with Gasteiger partial charge in [-0.15, -0.1) is 0 Å². The molecule has 0 spiro atoms. The molecule has 23 heavy (non-hydrogen) atoms. The van der Waals surface area contributed by atoms with Crippen molar-refractivity contribution in [2.45, 2.75) is 96.1 Å². The van der Waals surface area contributed by atoms with Gasteiger partial charge in [0.1, 0.15) is 0 Å². The summed E-state index contributed by atoms with van der Waals surface area (Å²) in [5.74, 6) is 0. The van der Waals surface area contributed by atoms with Crippen LogP contribution in [0.1, 0.15) is 84.0 Å². The zero-order valence-corrected chi connectivity index (χ0v) is 14.9. The van der Waals surface area contributed by atoms with E-state index in [0.717, 1.165) is 12.8 Å². The average Bonchev–Trinajstić information content (AvgIpc) is 2.56. The number of carbonyl (C=O) groups is 1. The van der Waals surface area contributed by atoms with E-state index in [-0.39, 0.29) is 6.61 Å². The van der Waals surface area contributed by atoms with Crippen LogP contribution in [0.4, 0.5) is 0 Å². The van der Waals surface area contributed by atoms with Crippen LogP contribution in [-0.2, 0) is 4.79 Å². The first kappa shape index (κ1) is 22.1. The van der Waals surface area contributed by atoms with Gasteiger partial charge in [-0.2, -0.15) is 0 Å². The monoisotopic (exact) mass is 327 g/mol. The van der Waals surface area contributed by atoms with Gasteiger partial charge in [-0.25, -0.2) is 0 Å². The highest BCUT2D eigenvalue weighted by Crippen LogP contribution is 2.12. The van der Waals surface area contributed by atoms with Crippen molar-refractivity contribution in [2.24, 2.45) is 0 Å². The molecule has 4 nitrogen and oxygen atoms in total. The van der Waals surface area contributed by atoms with Crippen molar-refractivity contribution in [3.63, 3.8) is 0 Å². The van der Waals surface area contributed by atoms with Gasteiger partial charge in [0.2, 0.25) is 6.41 Å². The van der Waals surface area contributed by atoms with Gasteiger partial charge in [0.05, 0.1) is 18.8 Å². The maximum atomic E-state index is 10.3. The van der Waals surface area contributed by atoms with Gasteiger partial charge < -0.3 is 15.5 Å². The molecule has 0 fully saturated rings. The van der Waals surface area contributed by atoms with Gasteiger partial charge in [0.15, 0.2) is 0 Å². The molecule has 0 aromatic heterocycles. The Morgan fingerprint density at radius 2 is 1.43 bits per heavy atom. The van der Waals surface area contributed by atoms with E-state index in [1.807, 2.05) is 6.08 Å². The number of aliphatic hydroxyl groups is 2. The molecule has 0 rings (SSSR count). The molecule has 3 N–H and O–H groups in total. The van der Waals surface area contributed by atoms with Crippen molar-refractivity contribution in [2.75, 3.05) is 6.61 Å². The Balaban J connectivity index is 3.38. The molecular formula is C19H37NO3. The van der Waals surface area contributed by atoms with E-state index in [1.165, 1.54) is 64.2 Å². The first-order chi connectivity index (χ1) is 11.3. The Kier molecular flexibility index (Phi) is 16.8. The molecule has 0 aliphatic carbocycles. The van der Waals surface area contributed by atoms with Gasteiger partial charge in [0, 0.05) is 0 Å². The van der Waals surface area contributed by atoms with Crippen molar-refractivity contribution < 1.29 is 15.0 Å². The Morgan fingerprint density at radius 1 is 0.913 bits per heavy atom. The van der Waals surface area contributed by atoms with Gasteiger partial charge >= 0.3 is 0 Å². The van der Waals surface area contributed by atoms with Crippen LogP contribution < -0.4 is 5.32 Å². The van der Waals surface area contributed by atoms with E-state index in [2.05, 4.69) is 12.2 Å².